The molecule has 0 saturated heterocycles. The van der Waals surface area contributed by atoms with Gasteiger partial charge in [-0.2, -0.15) is 15.2 Å². The first-order valence-electron chi connectivity index (χ1n) is 7.81. The van der Waals surface area contributed by atoms with Crippen LogP contribution in [-0.4, -0.2) is 35.8 Å². The Hall–Kier alpha value is -3.27. The molecular formula is C16H16N8OS. The van der Waals surface area contributed by atoms with Crippen molar-refractivity contribution in [2.24, 2.45) is 14.1 Å². The number of hydrogen-bond donors (Lipinski definition) is 2. The third-order valence-electron chi connectivity index (χ3n) is 3.83. The van der Waals surface area contributed by atoms with Crippen LogP contribution in [-0.2, 0) is 14.1 Å². The second-order valence-electron chi connectivity index (χ2n) is 5.83. The van der Waals surface area contributed by atoms with E-state index in [1.807, 2.05) is 33.3 Å². The monoisotopic (exact) mass is 368 g/mol. The Morgan fingerprint density at radius 2 is 2.08 bits per heavy atom. The lowest BCUT2D eigenvalue weighted by Crippen LogP contribution is -1.98. The van der Waals surface area contributed by atoms with Gasteiger partial charge in [0.15, 0.2) is 17.8 Å². The minimum absolute atomic E-state index is 0.468. The smallest absolute Gasteiger partial charge is 0.229 e. The van der Waals surface area contributed by atoms with Crippen molar-refractivity contribution in [3.63, 3.8) is 0 Å². The Labute approximate surface area is 152 Å². The molecular weight excluding hydrogens is 352 g/mol. The molecule has 0 unspecified atom stereocenters. The van der Waals surface area contributed by atoms with E-state index in [1.165, 1.54) is 11.3 Å². The average molecular weight is 368 g/mol. The number of aldehydes is 1. The summed E-state index contributed by atoms with van der Waals surface area (Å²) in [4.78, 5) is 20.5. The van der Waals surface area contributed by atoms with Gasteiger partial charge in [-0.1, -0.05) is 0 Å². The van der Waals surface area contributed by atoms with E-state index in [1.54, 1.807) is 21.8 Å². The summed E-state index contributed by atoms with van der Waals surface area (Å²) >= 11 is 1.39. The summed E-state index contributed by atoms with van der Waals surface area (Å²) in [7, 11) is 3.67. The van der Waals surface area contributed by atoms with Gasteiger partial charge in [0, 0.05) is 26.5 Å². The fourth-order valence-corrected chi connectivity index (χ4v) is 3.49. The molecule has 0 bridgehead atoms. The van der Waals surface area contributed by atoms with Crippen LogP contribution in [0.4, 0.5) is 22.5 Å². The Morgan fingerprint density at radius 3 is 2.77 bits per heavy atom. The normalized spacial score (nSPS) is 11.0. The van der Waals surface area contributed by atoms with E-state index >= 15 is 0 Å². The second kappa shape index (κ2) is 6.23. The van der Waals surface area contributed by atoms with Gasteiger partial charge >= 0.3 is 0 Å². The van der Waals surface area contributed by atoms with E-state index in [-0.39, 0.29) is 0 Å². The van der Waals surface area contributed by atoms with Crippen LogP contribution < -0.4 is 10.6 Å². The predicted octanol–water partition coefficient (Wildman–Crippen LogP) is 2.77. The highest BCUT2D eigenvalue weighted by molar-refractivity contribution is 7.17. The molecule has 0 spiro atoms. The molecule has 9 nitrogen and oxygen atoms in total. The molecule has 0 aliphatic rings. The maximum absolute atomic E-state index is 11.0. The second-order valence-corrected chi connectivity index (χ2v) is 6.92. The number of carbonyl (C=O) groups is 1. The zero-order valence-corrected chi connectivity index (χ0v) is 15.2. The number of thiophene rings is 1. The Bertz CT molecular complexity index is 1110. The van der Waals surface area contributed by atoms with Gasteiger partial charge in [0.05, 0.1) is 27.1 Å². The molecule has 4 heterocycles. The number of fused-ring (bicyclic) bond motifs is 1. The van der Waals surface area contributed by atoms with E-state index in [0.29, 0.717) is 22.3 Å². The highest BCUT2D eigenvalue weighted by Gasteiger charge is 2.14. The van der Waals surface area contributed by atoms with Gasteiger partial charge < -0.3 is 10.6 Å². The Kier molecular flexibility index (Phi) is 3.88. The van der Waals surface area contributed by atoms with Crippen LogP contribution in [0, 0.1) is 6.92 Å². The molecule has 4 aromatic heterocycles. The van der Waals surface area contributed by atoms with E-state index in [2.05, 4.69) is 30.8 Å². The van der Waals surface area contributed by atoms with Crippen LogP contribution in [0.3, 0.4) is 0 Å². The summed E-state index contributed by atoms with van der Waals surface area (Å²) in [5.41, 5.74) is 2.49. The topological polar surface area (TPSA) is 103 Å². The molecule has 0 saturated carbocycles. The quantitative estimate of drug-likeness (QED) is 0.522. The van der Waals surface area contributed by atoms with Crippen molar-refractivity contribution in [3.8, 4) is 0 Å². The lowest BCUT2D eigenvalue weighted by molar-refractivity contribution is 0.112. The molecule has 4 rings (SSSR count). The first kappa shape index (κ1) is 16.2. The number of aromatic nitrogens is 6. The van der Waals surface area contributed by atoms with Crippen LogP contribution in [0.5, 0.6) is 0 Å². The van der Waals surface area contributed by atoms with Crippen LogP contribution in [0.2, 0.25) is 0 Å². The fraction of sp³-hybridized carbons (Fsp3) is 0.188. The molecule has 132 valence electrons. The minimum atomic E-state index is 0.468. The van der Waals surface area contributed by atoms with E-state index in [4.69, 9.17) is 0 Å². The van der Waals surface area contributed by atoms with Crippen molar-refractivity contribution in [2.45, 2.75) is 6.92 Å². The number of aryl methyl sites for hydroxylation is 3. The zero-order valence-electron chi connectivity index (χ0n) is 14.4. The fourth-order valence-electron chi connectivity index (χ4n) is 2.60. The first-order chi connectivity index (χ1) is 12.5. The van der Waals surface area contributed by atoms with Crippen LogP contribution in [0.1, 0.15) is 15.2 Å². The molecule has 0 aliphatic carbocycles. The molecule has 0 amide bonds. The number of rotatable bonds is 5. The Morgan fingerprint density at radius 1 is 1.23 bits per heavy atom. The minimum Gasteiger partial charge on any atom is -0.330 e. The third kappa shape index (κ3) is 2.90. The summed E-state index contributed by atoms with van der Waals surface area (Å²) in [6.07, 6.45) is 6.11. The maximum Gasteiger partial charge on any atom is 0.229 e. The van der Waals surface area contributed by atoms with Crippen molar-refractivity contribution < 1.29 is 4.79 Å². The largest absolute Gasteiger partial charge is 0.330 e. The SMILES string of the molecule is Cc1cc(C=O)sc1Nc1nn(C)c2nc(Nc3cnn(C)c3)ncc12. The first-order valence-corrected chi connectivity index (χ1v) is 8.63. The van der Waals surface area contributed by atoms with Gasteiger partial charge in [-0.05, 0) is 18.6 Å². The van der Waals surface area contributed by atoms with Gasteiger partial charge in [-0.15, -0.1) is 11.3 Å². The molecule has 0 aromatic carbocycles. The standard InChI is InChI=1S/C16H16N8OS/c1-9-4-11(8-25)26-15(9)20-13-12-6-17-16(21-14(12)24(3)22-13)19-10-5-18-23(2)7-10/h4-8H,1-3H3,(H,20,22)(H,17,19,21). The summed E-state index contributed by atoms with van der Waals surface area (Å²) < 4.78 is 3.39. The van der Waals surface area contributed by atoms with E-state index in [0.717, 1.165) is 27.9 Å². The van der Waals surface area contributed by atoms with Gasteiger partial charge in [0.1, 0.15) is 0 Å². The number of nitrogens with one attached hydrogen (secondary N) is 2. The number of nitrogens with zero attached hydrogens (tertiary/aromatic N) is 6. The summed E-state index contributed by atoms with van der Waals surface area (Å²) in [5.74, 6) is 1.12. The molecule has 4 aromatic rings. The third-order valence-corrected chi connectivity index (χ3v) is 4.90. The van der Waals surface area contributed by atoms with Crippen molar-refractivity contribution in [1.29, 1.82) is 0 Å². The van der Waals surface area contributed by atoms with Gasteiger partial charge in [0.25, 0.3) is 0 Å². The van der Waals surface area contributed by atoms with Crippen LogP contribution >= 0.6 is 11.3 Å². The highest BCUT2D eigenvalue weighted by Crippen LogP contribution is 2.31. The van der Waals surface area contributed by atoms with Crippen molar-refractivity contribution in [1.82, 2.24) is 29.5 Å². The molecule has 0 radical (unpaired) electrons. The molecule has 0 aliphatic heterocycles. The molecule has 0 fully saturated rings. The van der Waals surface area contributed by atoms with Crippen molar-refractivity contribution >= 4 is 51.1 Å². The van der Waals surface area contributed by atoms with Crippen molar-refractivity contribution in [3.05, 3.63) is 35.1 Å². The predicted molar refractivity (Wildman–Crippen MR) is 101 cm³/mol. The maximum atomic E-state index is 11.0. The van der Waals surface area contributed by atoms with Gasteiger partial charge in [-0.25, -0.2) is 9.67 Å². The molecule has 10 heteroatoms. The summed E-state index contributed by atoms with van der Waals surface area (Å²) in [6, 6.07) is 1.84. The lowest BCUT2D eigenvalue weighted by Gasteiger charge is -2.03. The Balaban J connectivity index is 1.66. The zero-order chi connectivity index (χ0) is 18.3. The highest BCUT2D eigenvalue weighted by atomic mass is 32.1. The molecule has 26 heavy (non-hydrogen) atoms. The number of hydrogen-bond acceptors (Lipinski definition) is 8. The summed E-state index contributed by atoms with van der Waals surface area (Å²) in [5, 5.41) is 16.7. The number of carbonyl (C=O) groups excluding carboxylic acids is 1. The molecule has 0 atom stereocenters. The summed E-state index contributed by atoms with van der Waals surface area (Å²) in [6.45, 7) is 1.95. The van der Waals surface area contributed by atoms with Gasteiger partial charge in [0.2, 0.25) is 5.95 Å². The van der Waals surface area contributed by atoms with Crippen LogP contribution in [0.15, 0.2) is 24.7 Å². The van der Waals surface area contributed by atoms with Gasteiger partial charge in [-0.3, -0.25) is 9.48 Å². The number of anilines is 4. The van der Waals surface area contributed by atoms with E-state index < -0.39 is 0 Å². The van der Waals surface area contributed by atoms with Crippen molar-refractivity contribution in [2.75, 3.05) is 10.6 Å². The van der Waals surface area contributed by atoms with E-state index in [9.17, 15) is 4.79 Å². The van der Waals surface area contributed by atoms with Crippen LogP contribution in [0.25, 0.3) is 11.0 Å². The lowest BCUT2D eigenvalue weighted by atomic mass is 10.3. The average Bonchev–Trinajstić information content (AvgIpc) is 3.27. The molecule has 2 N–H and O–H groups in total.